The molecule has 0 aliphatic heterocycles. The zero-order chi connectivity index (χ0) is 28.2. The molecule has 0 aliphatic rings. The molecule has 3 aromatic rings. The lowest BCUT2D eigenvalue weighted by atomic mass is 10.2. The molecule has 0 radical (unpaired) electrons. The quantitative estimate of drug-likeness (QED) is 0.168. The van der Waals surface area contributed by atoms with Gasteiger partial charge in [-0.1, -0.05) is 22.9 Å². The number of methoxy groups -OCH3 is 1. The van der Waals surface area contributed by atoms with Gasteiger partial charge in [0.2, 0.25) is 0 Å². The number of nitrogens with one attached hydrogen (secondary N) is 3. The van der Waals surface area contributed by atoms with Crippen LogP contribution in [-0.4, -0.2) is 44.3 Å². The summed E-state index contributed by atoms with van der Waals surface area (Å²) in [5.41, 5.74) is 4.85. The van der Waals surface area contributed by atoms with Crippen LogP contribution in [0.15, 0.2) is 70.2 Å². The molecule has 3 amide bonds. The number of carbonyl (C=O) groups excluding carboxylic acids is 3. The molecule has 0 heterocycles. The number of aryl methyl sites for hydroxylation is 1. The molecule has 39 heavy (non-hydrogen) atoms. The topological polar surface area (TPSA) is 127 Å². The van der Waals surface area contributed by atoms with Gasteiger partial charge in [-0.25, -0.2) is 5.43 Å². The second-order valence-corrected chi connectivity index (χ2v) is 9.09. The molecule has 10 nitrogen and oxygen atoms in total. The Balaban J connectivity index is 1.49. The molecular weight excluding hydrogens is 568 g/mol. The summed E-state index contributed by atoms with van der Waals surface area (Å²) in [6, 6.07) is 17.1. The molecule has 11 heteroatoms. The Morgan fingerprint density at radius 2 is 1.64 bits per heavy atom. The van der Waals surface area contributed by atoms with Crippen LogP contribution in [0.5, 0.6) is 17.2 Å². The largest absolute Gasteiger partial charge is 0.494 e. The highest BCUT2D eigenvalue weighted by Gasteiger charge is 2.13. The van der Waals surface area contributed by atoms with Crippen molar-refractivity contribution in [2.75, 3.05) is 31.0 Å². The van der Waals surface area contributed by atoms with Crippen LogP contribution in [0.1, 0.15) is 24.5 Å². The van der Waals surface area contributed by atoms with E-state index < -0.39 is 11.8 Å². The first-order chi connectivity index (χ1) is 18.8. The second-order valence-electron chi connectivity index (χ2n) is 8.24. The number of halogens is 1. The highest BCUT2D eigenvalue weighted by molar-refractivity contribution is 9.10. The molecule has 3 aromatic carbocycles. The van der Waals surface area contributed by atoms with Gasteiger partial charge in [-0.2, -0.15) is 5.10 Å². The van der Waals surface area contributed by atoms with Crippen molar-refractivity contribution in [1.82, 2.24) is 5.43 Å². The standard InChI is InChI=1S/C28H29BrN4O6/c1-4-13-38-22-9-6-20(7-10-22)32-27(35)28(36)33-30-16-19-5-12-24(25(15-19)37-3)39-17-26(34)31-21-8-11-23(29)18(2)14-21/h5-12,14-16H,4,13,17H2,1-3H3,(H,31,34)(H,32,35)(H,33,36)/b30-16-. The molecule has 0 bridgehead atoms. The third-order valence-electron chi connectivity index (χ3n) is 5.16. The highest BCUT2D eigenvalue weighted by Crippen LogP contribution is 2.27. The van der Waals surface area contributed by atoms with Gasteiger partial charge in [-0.05, 0) is 85.1 Å². The fourth-order valence-corrected chi connectivity index (χ4v) is 3.45. The predicted octanol–water partition coefficient (Wildman–Crippen LogP) is 4.66. The Bertz CT molecular complexity index is 1340. The summed E-state index contributed by atoms with van der Waals surface area (Å²) < 4.78 is 17.4. The van der Waals surface area contributed by atoms with E-state index in [1.165, 1.54) is 13.3 Å². The van der Waals surface area contributed by atoms with Gasteiger partial charge in [0.1, 0.15) is 5.75 Å². The molecule has 0 saturated carbocycles. The van der Waals surface area contributed by atoms with Crippen molar-refractivity contribution >= 4 is 51.2 Å². The molecule has 204 valence electrons. The maximum Gasteiger partial charge on any atom is 0.329 e. The third-order valence-corrected chi connectivity index (χ3v) is 6.05. The van der Waals surface area contributed by atoms with Gasteiger partial charge in [0.05, 0.1) is 19.9 Å². The lowest BCUT2D eigenvalue weighted by Crippen LogP contribution is -2.32. The summed E-state index contributed by atoms with van der Waals surface area (Å²) in [7, 11) is 1.46. The fraction of sp³-hybridized carbons (Fsp3) is 0.214. The van der Waals surface area contributed by atoms with Crippen molar-refractivity contribution in [3.05, 3.63) is 76.3 Å². The average molecular weight is 597 g/mol. The van der Waals surface area contributed by atoms with Gasteiger partial charge < -0.3 is 24.8 Å². The lowest BCUT2D eigenvalue weighted by Gasteiger charge is -2.12. The fourth-order valence-electron chi connectivity index (χ4n) is 3.21. The zero-order valence-electron chi connectivity index (χ0n) is 21.7. The maximum atomic E-state index is 12.3. The van der Waals surface area contributed by atoms with Crippen molar-refractivity contribution < 1.29 is 28.6 Å². The van der Waals surface area contributed by atoms with Crippen molar-refractivity contribution in [2.45, 2.75) is 20.3 Å². The van der Waals surface area contributed by atoms with Crippen LogP contribution in [0.2, 0.25) is 0 Å². The molecule has 0 fully saturated rings. The maximum absolute atomic E-state index is 12.3. The first kappa shape index (κ1) is 29.2. The number of hydrogen-bond donors (Lipinski definition) is 3. The van der Waals surface area contributed by atoms with E-state index in [4.69, 9.17) is 14.2 Å². The van der Waals surface area contributed by atoms with E-state index >= 15 is 0 Å². The minimum Gasteiger partial charge on any atom is -0.494 e. The molecule has 3 rings (SSSR count). The summed E-state index contributed by atoms with van der Waals surface area (Å²) in [4.78, 5) is 36.5. The first-order valence-corrected chi connectivity index (χ1v) is 12.8. The van der Waals surface area contributed by atoms with E-state index in [1.807, 2.05) is 26.0 Å². The number of nitrogens with zero attached hydrogens (tertiary/aromatic N) is 1. The lowest BCUT2D eigenvalue weighted by molar-refractivity contribution is -0.136. The molecule has 0 atom stereocenters. The molecule has 0 aromatic heterocycles. The Morgan fingerprint density at radius 1 is 0.897 bits per heavy atom. The van der Waals surface area contributed by atoms with Crippen LogP contribution in [0.4, 0.5) is 11.4 Å². The number of amides is 3. The molecule has 3 N–H and O–H groups in total. The van der Waals surface area contributed by atoms with Crippen LogP contribution < -0.4 is 30.3 Å². The van der Waals surface area contributed by atoms with E-state index in [1.54, 1.807) is 48.5 Å². The van der Waals surface area contributed by atoms with Crippen molar-refractivity contribution in [2.24, 2.45) is 5.10 Å². The molecule has 0 unspecified atom stereocenters. The first-order valence-electron chi connectivity index (χ1n) is 12.0. The Morgan fingerprint density at radius 3 is 2.33 bits per heavy atom. The normalized spacial score (nSPS) is 10.6. The van der Waals surface area contributed by atoms with Crippen molar-refractivity contribution in [1.29, 1.82) is 0 Å². The van der Waals surface area contributed by atoms with Crippen LogP contribution in [0.3, 0.4) is 0 Å². The number of anilines is 2. The van der Waals surface area contributed by atoms with Crippen LogP contribution in [-0.2, 0) is 14.4 Å². The summed E-state index contributed by atoms with van der Waals surface area (Å²) in [5, 5.41) is 9.09. The van der Waals surface area contributed by atoms with Crippen molar-refractivity contribution in [3.63, 3.8) is 0 Å². The number of carbonyl (C=O) groups is 3. The SMILES string of the molecule is CCCOc1ccc(NC(=O)C(=O)N/N=C\c2ccc(OCC(=O)Nc3ccc(Br)c(C)c3)c(OC)c2)cc1. The molecule has 0 spiro atoms. The number of ether oxygens (including phenoxy) is 3. The Labute approximate surface area is 234 Å². The van der Waals surface area contributed by atoms with Gasteiger partial charge in [-0.15, -0.1) is 0 Å². The van der Waals surface area contributed by atoms with Crippen molar-refractivity contribution in [3.8, 4) is 17.2 Å². The third kappa shape index (κ3) is 9.15. The van der Waals surface area contributed by atoms with Gasteiger partial charge in [0.15, 0.2) is 18.1 Å². The summed E-state index contributed by atoms with van der Waals surface area (Å²) in [6.07, 6.45) is 2.23. The van der Waals surface area contributed by atoms with Crippen LogP contribution in [0, 0.1) is 6.92 Å². The Hall–Kier alpha value is -4.38. The van der Waals surface area contributed by atoms with Crippen LogP contribution in [0.25, 0.3) is 0 Å². The minimum atomic E-state index is -0.934. The van der Waals surface area contributed by atoms with Gasteiger partial charge in [-0.3, -0.25) is 14.4 Å². The predicted molar refractivity (Wildman–Crippen MR) is 153 cm³/mol. The highest BCUT2D eigenvalue weighted by atomic mass is 79.9. The summed E-state index contributed by atoms with van der Waals surface area (Å²) >= 11 is 3.42. The number of rotatable bonds is 11. The van der Waals surface area contributed by atoms with E-state index in [-0.39, 0.29) is 12.5 Å². The van der Waals surface area contributed by atoms with Crippen LogP contribution >= 0.6 is 15.9 Å². The van der Waals surface area contributed by atoms with Gasteiger partial charge in [0.25, 0.3) is 5.91 Å². The van der Waals surface area contributed by atoms with E-state index in [0.29, 0.717) is 40.8 Å². The molecule has 0 aliphatic carbocycles. The smallest absolute Gasteiger partial charge is 0.329 e. The second kappa shape index (κ2) is 14.5. The van der Waals surface area contributed by atoms with E-state index in [2.05, 4.69) is 37.1 Å². The van der Waals surface area contributed by atoms with E-state index in [0.717, 1.165) is 16.5 Å². The monoisotopic (exact) mass is 596 g/mol. The zero-order valence-corrected chi connectivity index (χ0v) is 23.3. The van der Waals surface area contributed by atoms with Gasteiger partial charge in [0, 0.05) is 15.8 Å². The summed E-state index contributed by atoms with van der Waals surface area (Å²) in [5.74, 6) is -0.738. The number of benzene rings is 3. The number of hydrazone groups is 1. The average Bonchev–Trinajstić information content (AvgIpc) is 2.93. The molecule has 0 saturated heterocycles. The number of hydrogen-bond acceptors (Lipinski definition) is 7. The summed E-state index contributed by atoms with van der Waals surface area (Å²) in [6.45, 7) is 4.30. The minimum absolute atomic E-state index is 0.224. The van der Waals surface area contributed by atoms with Gasteiger partial charge >= 0.3 is 11.8 Å². The van der Waals surface area contributed by atoms with E-state index in [9.17, 15) is 14.4 Å². The Kier molecular flexibility index (Phi) is 10.9. The molecular formula is C28H29BrN4O6.